The maximum atomic E-state index is 12.7. The number of anilines is 2. The van der Waals surface area contributed by atoms with Crippen LogP contribution in [0.1, 0.15) is 17.4 Å². The molecule has 0 radical (unpaired) electrons. The predicted molar refractivity (Wildman–Crippen MR) is 66.7 cm³/mol. The zero-order valence-electron chi connectivity index (χ0n) is 9.85. The molecule has 1 aromatic heterocycles. The molecule has 0 spiro atoms. The van der Waals surface area contributed by atoms with Crippen LogP contribution in [0.3, 0.4) is 0 Å². The third-order valence-electron chi connectivity index (χ3n) is 2.43. The molecule has 18 heavy (non-hydrogen) atoms. The number of carbonyl (C=O) groups excluding carboxylic acids is 1. The lowest BCUT2D eigenvalue weighted by atomic mass is 10.3. The fourth-order valence-corrected chi connectivity index (χ4v) is 1.50. The second-order valence-corrected chi connectivity index (χ2v) is 3.75. The van der Waals surface area contributed by atoms with Gasteiger partial charge in [0.05, 0.1) is 5.69 Å². The summed E-state index contributed by atoms with van der Waals surface area (Å²) in [5.41, 5.74) is 6.67. The molecule has 0 bridgehead atoms. The van der Waals surface area contributed by atoms with Crippen molar-refractivity contribution in [1.29, 1.82) is 0 Å². The Labute approximate surface area is 103 Å². The molecular formula is C12H13FN4O. The molecular weight excluding hydrogens is 235 g/mol. The molecule has 0 unspecified atom stereocenters. The molecule has 0 fully saturated rings. The number of nitrogens with two attached hydrogens (primary N) is 1. The molecule has 0 saturated carbocycles. The summed E-state index contributed by atoms with van der Waals surface area (Å²) >= 11 is 0. The number of rotatable bonds is 3. The van der Waals surface area contributed by atoms with Gasteiger partial charge in [0.15, 0.2) is 5.69 Å². The Morgan fingerprint density at radius 3 is 2.67 bits per heavy atom. The number of benzene rings is 1. The highest BCUT2D eigenvalue weighted by Gasteiger charge is 2.14. The second-order valence-electron chi connectivity index (χ2n) is 3.75. The van der Waals surface area contributed by atoms with E-state index in [2.05, 4.69) is 10.4 Å². The van der Waals surface area contributed by atoms with Crippen LogP contribution in [-0.2, 0) is 6.54 Å². The van der Waals surface area contributed by atoms with Gasteiger partial charge in [0, 0.05) is 18.4 Å². The summed E-state index contributed by atoms with van der Waals surface area (Å²) in [6, 6.07) is 5.48. The SMILES string of the molecule is CCn1cc(N)c(C(=O)Nc2ccc(F)cc2)n1. The van der Waals surface area contributed by atoms with Crippen LogP contribution >= 0.6 is 0 Å². The number of halogens is 1. The van der Waals surface area contributed by atoms with Gasteiger partial charge in [-0.15, -0.1) is 0 Å². The van der Waals surface area contributed by atoms with Crippen molar-refractivity contribution in [2.45, 2.75) is 13.5 Å². The number of nitrogen functional groups attached to an aromatic ring is 1. The van der Waals surface area contributed by atoms with Crippen LogP contribution in [0, 0.1) is 5.82 Å². The Balaban J connectivity index is 2.16. The van der Waals surface area contributed by atoms with E-state index in [0.717, 1.165) is 0 Å². The monoisotopic (exact) mass is 248 g/mol. The van der Waals surface area contributed by atoms with Crippen LogP contribution in [0.4, 0.5) is 15.8 Å². The molecule has 2 aromatic rings. The Morgan fingerprint density at radius 1 is 1.44 bits per heavy atom. The lowest BCUT2D eigenvalue weighted by Gasteiger charge is -2.03. The molecule has 0 aliphatic heterocycles. The van der Waals surface area contributed by atoms with Crippen molar-refractivity contribution in [2.24, 2.45) is 0 Å². The Morgan fingerprint density at radius 2 is 2.11 bits per heavy atom. The minimum atomic E-state index is -0.411. The van der Waals surface area contributed by atoms with E-state index >= 15 is 0 Å². The fraction of sp³-hybridized carbons (Fsp3) is 0.167. The van der Waals surface area contributed by atoms with Gasteiger partial charge in [-0.3, -0.25) is 9.48 Å². The fourth-order valence-electron chi connectivity index (χ4n) is 1.50. The molecule has 1 aromatic carbocycles. The number of aryl methyl sites for hydroxylation is 1. The quantitative estimate of drug-likeness (QED) is 0.871. The molecule has 0 atom stereocenters. The predicted octanol–water partition coefficient (Wildman–Crippen LogP) is 1.88. The minimum absolute atomic E-state index is 0.168. The number of nitrogens with zero attached hydrogens (tertiary/aromatic N) is 2. The van der Waals surface area contributed by atoms with Crippen LogP contribution in [0.5, 0.6) is 0 Å². The molecule has 5 nitrogen and oxygen atoms in total. The Hall–Kier alpha value is -2.37. The number of aromatic nitrogens is 2. The first-order valence-electron chi connectivity index (χ1n) is 5.50. The van der Waals surface area contributed by atoms with Crippen molar-refractivity contribution in [3.63, 3.8) is 0 Å². The first kappa shape index (κ1) is 12.1. The number of carbonyl (C=O) groups is 1. The van der Waals surface area contributed by atoms with Gasteiger partial charge >= 0.3 is 0 Å². The van der Waals surface area contributed by atoms with Crippen LogP contribution in [0.15, 0.2) is 30.5 Å². The molecule has 0 saturated heterocycles. The summed E-state index contributed by atoms with van der Waals surface area (Å²) < 4.78 is 14.3. The molecule has 6 heteroatoms. The van der Waals surface area contributed by atoms with E-state index < -0.39 is 5.91 Å². The van der Waals surface area contributed by atoms with Gasteiger partial charge in [-0.2, -0.15) is 5.10 Å². The normalized spacial score (nSPS) is 10.3. The van der Waals surface area contributed by atoms with E-state index in [9.17, 15) is 9.18 Å². The molecule has 0 aliphatic carbocycles. The third kappa shape index (κ3) is 2.48. The number of hydrogen-bond acceptors (Lipinski definition) is 3. The van der Waals surface area contributed by atoms with Gasteiger partial charge in [0.2, 0.25) is 0 Å². The molecule has 1 heterocycles. The maximum absolute atomic E-state index is 12.7. The van der Waals surface area contributed by atoms with Crippen molar-refractivity contribution in [1.82, 2.24) is 9.78 Å². The van der Waals surface area contributed by atoms with E-state index in [4.69, 9.17) is 5.73 Å². The number of hydrogen-bond donors (Lipinski definition) is 2. The lowest BCUT2D eigenvalue weighted by Crippen LogP contribution is -2.14. The zero-order chi connectivity index (χ0) is 13.1. The average Bonchev–Trinajstić information content (AvgIpc) is 2.73. The summed E-state index contributed by atoms with van der Waals surface area (Å²) in [6.07, 6.45) is 1.60. The smallest absolute Gasteiger partial charge is 0.278 e. The van der Waals surface area contributed by atoms with Gasteiger partial charge < -0.3 is 11.1 Å². The number of amides is 1. The lowest BCUT2D eigenvalue weighted by molar-refractivity contribution is 0.102. The van der Waals surface area contributed by atoms with Gasteiger partial charge in [-0.25, -0.2) is 4.39 Å². The Bertz CT molecular complexity index is 562. The summed E-state index contributed by atoms with van der Waals surface area (Å²) in [6.45, 7) is 2.53. The first-order chi connectivity index (χ1) is 8.60. The van der Waals surface area contributed by atoms with Gasteiger partial charge in [0.1, 0.15) is 5.82 Å². The van der Waals surface area contributed by atoms with E-state index in [1.807, 2.05) is 6.92 Å². The van der Waals surface area contributed by atoms with Crippen molar-refractivity contribution in [3.8, 4) is 0 Å². The zero-order valence-corrected chi connectivity index (χ0v) is 9.85. The highest BCUT2D eigenvalue weighted by atomic mass is 19.1. The summed E-state index contributed by atoms with van der Waals surface area (Å²) in [5, 5.41) is 6.65. The Kier molecular flexibility index (Phi) is 3.27. The topological polar surface area (TPSA) is 72.9 Å². The average molecular weight is 248 g/mol. The first-order valence-corrected chi connectivity index (χ1v) is 5.50. The van der Waals surface area contributed by atoms with Gasteiger partial charge in [-0.05, 0) is 31.2 Å². The van der Waals surface area contributed by atoms with Crippen LogP contribution in [0.2, 0.25) is 0 Å². The van der Waals surface area contributed by atoms with Crippen molar-refractivity contribution >= 4 is 17.3 Å². The highest BCUT2D eigenvalue weighted by Crippen LogP contribution is 2.13. The molecule has 2 rings (SSSR count). The van der Waals surface area contributed by atoms with E-state index in [0.29, 0.717) is 17.9 Å². The van der Waals surface area contributed by atoms with Crippen LogP contribution < -0.4 is 11.1 Å². The van der Waals surface area contributed by atoms with Gasteiger partial charge in [-0.1, -0.05) is 0 Å². The van der Waals surface area contributed by atoms with E-state index in [1.165, 1.54) is 24.3 Å². The van der Waals surface area contributed by atoms with Gasteiger partial charge in [0.25, 0.3) is 5.91 Å². The summed E-state index contributed by atoms with van der Waals surface area (Å²) in [7, 11) is 0. The minimum Gasteiger partial charge on any atom is -0.396 e. The van der Waals surface area contributed by atoms with Crippen molar-refractivity contribution in [3.05, 3.63) is 42.0 Å². The maximum Gasteiger partial charge on any atom is 0.278 e. The largest absolute Gasteiger partial charge is 0.396 e. The van der Waals surface area contributed by atoms with Crippen LogP contribution in [-0.4, -0.2) is 15.7 Å². The molecule has 3 N–H and O–H groups in total. The highest BCUT2D eigenvalue weighted by molar-refractivity contribution is 6.06. The van der Waals surface area contributed by atoms with Crippen molar-refractivity contribution in [2.75, 3.05) is 11.1 Å². The van der Waals surface area contributed by atoms with Crippen molar-refractivity contribution < 1.29 is 9.18 Å². The molecule has 1 amide bonds. The van der Waals surface area contributed by atoms with E-state index in [-0.39, 0.29) is 11.5 Å². The molecule has 94 valence electrons. The van der Waals surface area contributed by atoms with E-state index in [1.54, 1.807) is 10.9 Å². The van der Waals surface area contributed by atoms with Crippen LogP contribution in [0.25, 0.3) is 0 Å². The molecule has 0 aliphatic rings. The second kappa shape index (κ2) is 4.87. The third-order valence-corrected chi connectivity index (χ3v) is 2.43. The summed E-state index contributed by atoms with van der Waals surface area (Å²) in [5.74, 6) is -0.769. The number of nitrogens with one attached hydrogen (secondary N) is 1. The standard InChI is InChI=1S/C12H13FN4O/c1-2-17-7-10(14)11(16-17)12(18)15-9-5-3-8(13)4-6-9/h3-7H,2,14H2,1H3,(H,15,18). The summed E-state index contributed by atoms with van der Waals surface area (Å²) in [4.78, 5) is 11.9.